The van der Waals surface area contributed by atoms with Crippen LogP contribution in [-0.2, 0) is 5.41 Å². The first kappa shape index (κ1) is 13.4. The summed E-state index contributed by atoms with van der Waals surface area (Å²) in [5, 5.41) is 4.16. The third-order valence-corrected chi connectivity index (χ3v) is 5.05. The van der Waals surface area contributed by atoms with Crippen molar-refractivity contribution in [2.75, 3.05) is 6.54 Å². The maximum atomic E-state index is 14.2. The van der Waals surface area contributed by atoms with Crippen LogP contribution >= 0.6 is 11.6 Å². The summed E-state index contributed by atoms with van der Waals surface area (Å²) in [6.07, 6.45) is 5.82. The Bertz CT molecular complexity index is 444. The Kier molecular flexibility index (Phi) is 3.57. The number of rotatable bonds is 5. The van der Waals surface area contributed by atoms with Crippen LogP contribution in [0.1, 0.15) is 44.6 Å². The van der Waals surface area contributed by atoms with Crippen molar-refractivity contribution in [2.24, 2.45) is 5.92 Å². The van der Waals surface area contributed by atoms with Gasteiger partial charge < -0.3 is 5.32 Å². The smallest absolute Gasteiger partial charge is 0.128 e. The SMILES string of the molecule is CCC1CC(CNC2CC2)(c2c(F)cccc2Cl)C1. The van der Waals surface area contributed by atoms with Crippen molar-refractivity contribution in [3.63, 3.8) is 0 Å². The van der Waals surface area contributed by atoms with E-state index in [-0.39, 0.29) is 11.2 Å². The summed E-state index contributed by atoms with van der Waals surface area (Å²) in [7, 11) is 0. The van der Waals surface area contributed by atoms with Crippen molar-refractivity contribution in [1.29, 1.82) is 0 Å². The van der Waals surface area contributed by atoms with Crippen LogP contribution in [0.4, 0.5) is 4.39 Å². The minimum absolute atomic E-state index is 0.0777. The summed E-state index contributed by atoms with van der Waals surface area (Å²) in [6.45, 7) is 3.08. The molecule has 0 heterocycles. The highest BCUT2D eigenvalue weighted by atomic mass is 35.5. The van der Waals surface area contributed by atoms with Crippen LogP contribution in [0.25, 0.3) is 0 Å². The minimum atomic E-state index is -0.139. The summed E-state index contributed by atoms with van der Waals surface area (Å²) in [5.74, 6) is 0.580. The monoisotopic (exact) mass is 281 g/mol. The second-order valence-corrected chi connectivity index (χ2v) is 6.62. The maximum Gasteiger partial charge on any atom is 0.128 e. The Hall–Kier alpha value is -0.600. The molecule has 3 rings (SSSR count). The van der Waals surface area contributed by atoms with Crippen molar-refractivity contribution in [3.05, 3.63) is 34.6 Å². The van der Waals surface area contributed by atoms with E-state index in [2.05, 4.69) is 12.2 Å². The minimum Gasteiger partial charge on any atom is -0.313 e. The van der Waals surface area contributed by atoms with Gasteiger partial charge in [-0.1, -0.05) is 31.0 Å². The van der Waals surface area contributed by atoms with Crippen molar-refractivity contribution < 1.29 is 4.39 Å². The molecule has 1 aromatic rings. The summed E-state index contributed by atoms with van der Waals surface area (Å²) in [4.78, 5) is 0. The standard InChI is InChI=1S/C16H21ClFN/c1-2-11-8-16(9-11,10-19-12-6-7-12)15-13(17)4-3-5-14(15)18/h3-5,11-12,19H,2,6-10H2,1H3. The van der Waals surface area contributed by atoms with Crippen LogP contribution in [0.3, 0.4) is 0 Å². The lowest BCUT2D eigenvalue weighted by Crippen LogP contribution is -2.49. The van der Waals surface area contributed by atoms with E-state index >= 15 is 0 Å². The second-order valence-electron chi connectivity index (χ2n) is 6.21. The van der Waals surface area contributed by atoms with Crippen molar-refractivity contribution >= 4 is 11.6 Å². The fourth-order valence-corrected chi connectivity index (χ4v) is 3.77. The van der Waals surface area contributed by atoms with E-state index in [0.717, 1.165) is 30.9 Å². The van der Waals surface area contributed by atoms with E-state index in [1.165, 1.54) is 19.3 Å². The number of halogens is 2. The summed E-state index contributed by atoms with van der Waals surface area (Å²) in [5.41, 5.74) is 0.667. The van der Waals surface area contributed by atoms with Gasteiger partial charge in [0, 0.05) is 28.6 Å². The molecular formula is C16H21ClFN. The van der Waals surface area contributed by atoms with Gasteiger partial charge in [0.05, 0.1) is 0 Å². The lowest BCUT2D eigenvalue weighted by molar-refractivity contribution is 0.129. The number of hydrogen-bond donors (Lipinski definition) is 1. The molecule has 0 atom stereocenters. The van der Waals surface area contributed by atoms with Crippen LogP contribution in [0.5, 0.6) is 0 Å². The summed E-state index contributed by atoms with van der Waals surface area (Å²) in [6, 6.07) is 5.71. The lowest BCUT2D eigenvalue weighted by Gasteiger charge is -2.49. The zero-order chi connectivity index (χ0) is 13.5. The van der Waals surface area contributed by atoms with Crippen molar-refractivity contribution in [1.82, 2.24) is 5.32 Å². The third-order valence-electron chi connectivity index (χ3n) is 4.74. The van der Waals surface area contributed by atoms with Gasteiger partial charge >= 0.3 is 0 Å². The van der Waals surface area contributed by atoms with E-state index < -0.39 is 0 Å². The molecule has 0 unspecified atom stereocenters. The summed E-state index contributed by atoms with van der Waals surface area (Å²) < 4.78 is 14.2. The molecule has 0 aromatic heterocycles. The summed E-state index contributed by atoms with van der Waals surface area (Å²) >= 11 is 6.28. The molecule has 0 radical (unpaired) electrons. The van der Waals surface area contributed by atoms with E-state index in [4.69, 9.17) is 11.6 Å². The third kappa shape index (κ3) is 2.53. The fraction of sp³-hybridized carbons (Fsp3) is 0.625. The topological polar surface area (TPSA) is 12.0 Å². The highest BCUT2D eigenvalue weighted by molar-refractivity contribution is 6.31. The molecule has 1 N–H and O–H groups in total. The normalized spacial score (nSPS) is 30.2. The molecule has 3 heteroatoms. The first-order valence-corrected chi connectivity index (χ1v) is 7.70. The van der Waals surface area contributed by atoms with Gasteiger partial charge in [0.1, 0.15) is 5.82 Å². The van der Waals surface area contributed by atoms with Gasteiger partial charge in [-0.05, 0) is 43.7 Å². The number of benzene rings is 1. The Morgan fingerprint density at radius 3 is 2.68 bits per heavy atom. The van der Waals surface area contributed by atoms with Gasteiger partial charge in [-0.2, -0.15) is 0 Å². The van der Waals surface area contributed by atoms with Gasteiger partial charge in [-0.25, -0.2) is 4.39 Å². The Labute approximate surface area is 119 Å². The fourth-order valence-electron chi connectivity index (χ4n) is 3.40. The average Bonchev–Trinajstić information content (AvgIpc) is 3.14. The predicted molar refractivity (Wildman–Crippen MR) is 77.1 cm³/mol. The molecule has 19 heavy (non-hydrogen) atoms. The van der Waals surface area contributed by atoms with Crippen LogP contribution in [0.2, 0.25) is 5.02 Å². The molecule has 1 nitrogen and oxygen atoms in total. The largest absolute Gasteiger partial charge is 0.313 e. The van der Waals surface area contributed by atoms with Crippen molar-refractivity contribution in [3.8, 4) is 0 Å². The molecule has 2 fully saturated rings. The highest BCUT2D eigenvalue weighted by Crippen LogP contribution is 2.51. The lowest BCUT2D eigenvalue weighted by atomic mass is 9.57. The molecule has 0 amide bonds. The molecule has 0 spiro atoms. The maximum absolute atomic E-state index is 14.2. The first-order valence-electron chi connectivity index (χ1n) is 7.32. The van der Waals surface area contributed by atoms with E-state index in [9.17, 15) is 4.39 Å². The first-order chi connectivity index (χ1) is 9.14. The highest BCUT2D eigenvalue weighted by Gasteiger charge is 2.47. The van der Waals surface area contributed by atoms with E-state index in [1.54, 1.807) is 12.1 Å². The van der Waals surface area contributed by atoms with Gasteiger partial charge in [-0.15, -0.1) is 0 Å². The number of hydrogen-bond acceptors (Lipinski definition) is 1. The van der Waals surface area contributed by atoms with Crippen molar-refractivity contribution in [2.45, 2.75) is 50.5 Å². The van der Waals surface area contributed by atoms with Gasteiger partial charge in [0.25, 0.3) is 0 Å². The van der Waals surface area contributed by atoms with Crippen LogP contribution < -0.4 is 5.32 Å². The van der Waals surface area contributed by atoms with Gasteiger partial charge in [0.15, 0.2) is 0 Å². The van der Waals surface area contributed by atoms with Gasteiger partial charge in [-0.3, -0.25) is 0 Å². The van der Waals surface area contributed by atoms with E-state index in [1.807, 2.05) is 6.07 Å². The molecule has 0 bridgehead atoms. The Morgan fingerprint density at radius 2 is 2.11 bits per heavy atom. The van der Waals surface area contributed by atoms with Gasteiger partial charge in [0.2, 0.25) is 0 Å². The quantitative estimate of drug-likeness (QED) is 0.849. The zero-order valence-electron chi connectivity index (χ0n) is 11.4. The molecule has 2 aliphatic carbocycles. The zero-order valence-corrected chi connectivity index (χ0v) is 12.1. The molecular weight excluding hydrogens is 261 g/mol. The Morgan fingerprint density at radius 1 is 1.37 bits per heavy atom. The second kappa shape index (κ2) is 5.06. The Balaban J connectivity index is 1.85. The molecule has 0 aliphatic heterocycles. The molecule has 2 aliphatic rings. The molecule has 1 aromatic carbocycles. The predicted octanol–water partition coefficient (Wildman–Crippen LogP) is 4.29. The molecule has 104 valence electrons. The van der Waals surface area contributed by atoms with Crippen LogP contribution in [0.15, 0.2) is 18.2 Å². The molecule has 0 saturated heterocycles. The number of nitrogens with one attached hydrogen (secondary N) is 1. The van der Waals surface area contributed by atoms with E-state index in [0.29, 0.717) is 11.1 Å². The van der Waals surface area contributed by atoms with Crippen LogP contribution in [-0.4, -0.2) is 12.6 Å². The average molecular weight is 282 g/mol. The molecule has 2 saturated carbocycles. The van der Waals surface area contributed by atoms with Crippen LogP contribution in [0, 0.1) is 11.7 Å².